The lowest BCUT2D eigenvalue weighted by Crippen LogP contribution is -2.06. The van der Waals surface area contributed by atoms with Crippen LogP contribution in [0.1, 0.15) is 23.4 Å². The van der Waals surface area contributed by atoms with Crippen molar-refractivity contribution in [2.75, 3.05) is 0 Å². The van der Waals surface area contributed by atoms with E-state index in [-0.39, 0.29) is 6.42 Å². The van der Waals surface area contributed by atoms with Gasteiger partial charge in [-0.2, -0.15) is 0 Å². The first-order valence-corrected chi connectivity index (χ1v) is 6.53. The molecule has 0 saturated heterocycles. The summed E-state index contributed by atoms with van der Waals surface area (Å²) in [5.74, 6) is -0.303. The quantitative estimate of drug-likeness (QED) is 0.937. The number of nitrogens with zero attached hydrogens (tertiary/aromatic N) is 3. The van der Waals surface area contributed by atoms with E-state index in [1.54, 1.807) is 18.3 Å². The molecule has 0 aliphatic heterocycles. The third-order valence-corrected chi connectivity index (χ3v) is 3.19. The Kier molecular flexibility index (Phi) is 4.29. The number of aryl methyl sites for hydroxylation is 2. The second kappa shape index (κ2) is 5.96. The lowest BCUT2D eigenvalue weighted by molar-refractivity contribution is -0.136. The fraction of sp³-hybridized carbons (Fsp3) is 0.286. The zero-order chi connectivity index (χ0) is 14.7. The fourth-order valence-electron chi connectivity index (χ4n) is 1.96. The largest absolute Gasteiger partial charge is 0.481 e. The summed E-state index contributed by atoms with van der Waals surface area (Å²) in [4.78, 5) is 23.6. The van der Waals surface area contributed by atoms with Crippen LogP contribution in [0, 0.1) is 13.8 Å². The monoisotopic (exact) mass is 291 g/mol. The van der Waals surface area contributed by atoms with Crippen LogP contribution in [-0.2, 0) is 11.2 Å². The van der Waals surface area contributed by atoms with E-state index in [9.17, 15) is 4.79 Å². The Morgan fingerprint density at radius 2 is 1.90 bits per heavy atom. The average Bonchev–Trinajstić information content (AvgIpc) is 2.38. The molecule has 0 aromatic carbocycles. The maximum absolute atomic E-state index is 10.7. The first kappa shape index (κ1) is 14.4. The van der Waals surface area contributed by atoms with Crippen molar-refractivity contribution in [3.05, 3.63) is 40.3 Å². The Hall–Kier alpha value is -2.01. The van der Waals surface area contributed by atoms with Gasteiger partial charge in [-0.1, -0.05) is 11.6 Å². The third-order valence-electron chi connectivity index (χ3n) is 2.97. The van der Waals surface area contributed by atoms with Crippen molar-refractivity contribution < 1.29 is 9.90 Å². The molecule has 0 aliphatic carbocycles. The van der Waals surface area contributed by atoms with Crippen LogP contribution in [0.3, 0.4) is 0 Å². The first-order chi connectivity index (χ1) is 9.47. The molecule has 0 saturated carbocycles. The van der Waals surface area contributed by atoms with Gasteiger partial charge in [0.05, 0.1) is 5.02 Å². The average molecular weight is 292 g/mol. The lowest BCUT2D eigenvalue weighted by atomic mass is 10.1. The Morgan fingerprint density at radius 1 is 1.25 bits per heavy atom. The van der Waals surface area contributed by atoms with Gasteiger partial charge in [-0.05, 0) is 38.0 Å². The molecule has 0 atom stereocenters. The molecule has 20 heavy (non-hydrogen) atoms. The molecule has 104 valence electrons. The predicted octanol–water partition coefficient (Wildman–Crippen LogP) is 2.83. The number of aliphatic carboxylic acids is 1. The highest BCUT2D eigenvalue weighted by atomic mass is 35.5. The van der Waals surface area contributed by atoms with Gasteiger partial charge in [-0.25, -0.2) is 9.97 Å². The van der Waals surface area contributed by atoms with Crippen molar-refractivity contribution in [3.8, 4) is 11.5 Å². The Balaban J connectivity index is 2.34. The summed E-state index contributed by atoms with van der Waals surface area (Å²) in [6.45, 7) is 3.70. The molecule has 2 rings (SSSR count). The van der Waals surface area contributed by atoms with Crippen molar-refractivity contribution in [2.24, 2.45) is 0 Å². The molecule has 2 aromatic heterocycles. The smallest absolute Gasteiger partial charge is 0.303 e. The summed E-state index contributed by atoms with van der Waals surface area (Å²) < 4.78 is 0. The van der Waals surface area contributed by atoms with Crippen LogP contribution in [0.5, 0.6) is 0 Å². The maximum atomic E-state index is 10.7. The molecule has 0 aliphatic rings. The van der Waals surface area contributed by atoms with Gasteiger partial charge in [0.2, 0.25) is 0 Å². The van der Waals surface area contributed by atoms with E-state index in [4.69, 9.17) is 16.7 Å². The number of hydrogen-bond donors (Lipinski definition) is 1. The van der Waals surface area contributed by atoms with Crippen LogP contribution in [-0.4, -0.2) is 26.0 Å². The first-order valence-electron chi connectivity index (χ1n) is 6.15. The van der Waals surface area contributed by atoms with Crippen molar-refractivity contribution in [1.29, 1.82) is 0 Å². The minimum absolute atomic E-state index is 0.0730. The molecule has 0 spiro atoms. The molecule has 0 bridgehead atoms. The second-order valence-corrected chi connectivity index (χ2v) is 4.89. The van der Waals surface area contributed by atoms with Gasteiger partial charge in [0.15, 0.2) is 5.82 Å². The van der Waals surface area contributed by atoms with E-state index < -0.39 is 5.97 Å². The number of rotatable bonds is 4. The van der Waals surface area contributed by atoms with E-state index in [2.05, 4.69) is 15.0 Å². The van der Waals surface area contributed by atoms with Crippen LogP contribution in [0.2, 0.25) is 5.02 Å². The van der Waals surface area contributed by atoms with Gasteiger partial charge in [0.25, 0.3) is 0 Å². The minimum atomic E-state index is -0.827. The Morgan fingerprint density at radius 3 is 2.40 bits per heavy atom. The molecule has 2 heterocycles. The molecular weight excluding hydrogens is 278 g/mol. The normalized spacial score (nSPS) is 10.6. The molecular formula is C14H14ClN3O2. The Bertz CT molecular complexity index is 618. The van der Waals surface area contributed by atoms with Crippen LogP contribution >= 0.6 is 11.6 Å². The van der Waals surface area contributed by atoms with Crippen LogP contribution in [0.15, 0.2) is 18.3 Å². The fourth-order valence-corrected chi connectivity index (χ4v) is 2.07. The number of aromatic nitrogens is 3. The topological polar surface area (TPSA) is 76.0 Å². The van der Waals surface area contributed by atoms with Crippen molar-refractivity contribution in [1.82, 2.24) is 15.0 Å². The minimum Gasteiger partial charge on any atom is -0.481 e. The number of pyridine rings is 1. The maximum Gasteiger partial charge on any atom is 0.303 e. The predicted molar refractivity (Wildman–Crippen MR) is 75.7 cm³/mol. The summed E-state index contributed by atoms with van der Waals surface area (Å²) in [6, 6.07) is 3.49. The second-order valence-electron chi connectivity index (χ2n) is 4.45. The molecule has 0 radical (unpaired) electrons. The van der Waals surface area contributed by atoms with Gasteiger partial charge in [-0.15, -0.1) is 0 Å². The van der Waals surface area contributed by atoms with Crippen LogP contribution in [0.25, 0.3) is 11.5 Å². The zero-order valence-electron chi connectivity index (χ0n) is 11.2. The molecule has 0 fully saturated rings. The molecule has 5 nitrogen and oxygen atoms in total. The number of carboxylic acid groups (broad SMARTS) is 1. The Labute approximate surface area is 121 Å². The van der Waals surface area contributed by atoms with Gasteiger partial charge in [-0.3, -0.25) is 9.78 Å². The van der Waals surface area contributed by atoms with Gasteiger partial charge in [0.1, 0.15) is 5.69 Å². The summed E-state index contributed by atoms with van der Waals surface area (Å²) in [5, 5.41) is 9.31. The number of halogens is 1. The van der Waals surface area contributed by atoms with E-state index in [1.807, 2.05) is 13.8 Å². The lowest BCUT2D eigenvalue weighted by Gasteiger charge is -2.09. The molecule has 1 N–H and O–H groups in total. The number of hydrogen-bond acceptors (Lipinski definition) is 4. The molecule has 6 heteroatoms. The number of carbonyl (C=O) groups is 1. The highest BCUT2D eigenvalue weighted by Crippen LogP contribution is 2.19. The van der Waals surface area contributed by atoms with Crippen molar-refractivity contribution >= 4 is 17.6 Å². The van der Waals surface area contributed by atoms with E-state index in [0.29, 0.717) is 23.0 Å². The van der Waals surface area contributed by atoms with Crippen LogP contribution in [0.4, 0.5) is 0 Å². The van der Waals surface area contributed by atoms with E-state index in [0.717, 1.165) is 17.0 Å². The summed E-state index contributed by atoms with van der Waals surface area (Å²) in [5.41, 5.74) is 3.09. The summed E-state index contributed by atoms with van der Waals surface area (Å²) in [6.07, 6.45) is 2.05. The van der Waals surface area contributed by atoms with Crippen molar-refractivity contribution in [3.63, 3.8) is 0 Å². The third kappa shape index (κ3) is 3.30. The summed E-state index contributed by atoms with van der Waals surface area (Å²) in [7, 11) is 0. The van der Waals surface area contributed by atoms with Gasteiger partial charge in [0, 0.05) is 24.0 Å². The standard InChI is InChI=1S/C14H14ClN3O2/c1-8-11(4-6-13(19)20)9(2)18-14(17-8)12-5-3-10(15)7-16-12/h3,5,7H,4,6H2,1-2H3,(H,19,20). The zero-order valence-corrected chi connectivity index (χ0v) is 12.0. The van der Waals surface area contributed by atoms with E-state index in [1.165, 1.54) is 0 Å². The van der Waals surface area contributed by atoms with Gasteiger partial charge >= 0.3 is 5.97 Å². The SMILES string of the molecule is Cc1nc(-c2ccc(Cl)cn2)nc(C)c1CCC(=O)O. The molecule has 2 aromatic rings. The summed E-state index contributed by atoms with van der Waals surface area (Å²) >= 11 is 5.80. The molecule has 0 amide bonds. The number of carboxylic acids is 1. The van der Waals surface area contributed by atoms with Crippen molar-refractivity contribution in [2.45, 2.75) is 26.7 Å². The molecule has 0 unspecified atom stereocenters. The van der Waals surface area contributed by atoms with Crippen LogP contribution < -0.4 is 0 Å². The van der Waals surface area contributed by atoms with E-state index >= 15 is 0 Å². The van der Waals surface area contributed by atoms with Gasteiger partial charge < -0.3 is 5.11 Å². The highest BCUT2D eigenvalue weighted by molar-refractivity contribution is 6.30. The highest BCUT2D eigenvalue weighted by Gasteiger charge is 2.12.